The first-order valence-corrected chi connectivity index (χ1v) is 4.18. The smallest absolute Gasteiger partial charge is 0.0921 e. The molecule has 0 amide bonds. The Bertz CT molecular complexity index is 237. The highest BCUT2D eigenvalue weighted by Gasteiger charge is 2.33. The zero-order valence-corrected chi connectivity index (χ0v) is 7.24. The minimum Gasteiger partial charge on any atom is -0.348 e. The van der Waals surface area contributed by atoms with Crippen LogP contribution in [0.15, 0.2) is 12.5 Å². The van der Waals surface area contributed by atoms with Gasteiger partial charge in [-0.15, -0.1) is 0 Å². The highest BCUT2D eigenvalue weighted by atomic mass is 16.7. The van der Waals surface area contributed by atoms with Gasteiger partial charge in [-0.2, -0.15) is 5.48 Å². The molecular weight excluding hydrogens is 154 g/mol. The second-order valence-corrected chi connectivity index (χ2v) is 3.26. The van der Waals surface area contributed by atoms with Crippen molar-refractivity contribution in [3.05, 3.63) is 18.2 Å². The monoisotopic (exact) mass is 167 g/mol. The molecule has 2 unspecified atom stereocenters. The molecule has 4 heteroatoms. The van der Waals surface area contributed by atoms with E-state index in [1.165, 1.54) is 0 Å². The molecule has 1 aliphatic rings. The average molecular weight is 167 g/mol. The maximum Gasteiger partial charge on any atom is 0.0921 e. The van der Waals surface area contributed by atoms with E-state index in [0.717, 1.165) is 5.69 Å². The predicted octanol–water partition coefficient (Wildman–Crippen LogP) is 0.805. The fourth-order valence-corrected chi connectivity index (χ4v) is 1.74. The molecule has 2 heterocycles. The number of imidazole rings is 1. The summed E-state index contributed by atoms with van der Waals surface area (Å²) in [4.78, 5) is 12.4. The minimum atomic E-state index is 0.209. The number of nitrogens with one attached hydrogen (secondary N) is 2. The van der Waals surface area contributed by atoms with E-state index in [-0.39, 0.29) is 6.10 Å². The number of aromatic nitrogens is 2. The van der Waals surface area contributed by atoms with E-state index in [2.05, 4.69) is 29.3 Å². The van der Waals surface area contributed by atoms with Gasteiger partial charge in [0, 0.05) is 23.9 Å². The normalized spacial score (nSPS) is 35.7. The van der Waals surface area contributed by atoms with Gasteiger partial charge in [-0.3, -0.25) is 4.84 Å². The summed E-state index contributed by atoms with van der Waals surface area (Å²) in [5, 5.41) is 0. The standard InChI is InChI=1S/C8H13N3O/c1-5-8(6(2)12-11-5)7-3-9-4-10-7/h3-6,8,11H,1-2H3,(H,9,10)/t5-,6?,8?/m0/s1. The molecule has 2 rings (SSSR count). The quantitative estimate of drug-likeness (QED) is 0.650. The lowest BCUT2D eigenvalue weighted by Crippen LogP contribution is -2.22. The van der Waals surface area contributed by atoms with Gasteiger partial charge in [0.15, 0.2) is 0 Å². The summed E-state index contributed by atoms with van der Waals surface area (Å²) in [6.45, 7) is 4.16. The number of hydrogen-bond donors (Lipinski definition) is 2. The Morgan fingerprint density at radius 2 is 2.33 bits per heavy atom. The van der Waals surface area contributed by atoms with E-state index in [0.29, 0.717) is 12.0 Å². The Labute approximate surface area is 71.3 Å². The number of hydrogen-bond acceptors (Lipinski definition) is 3. The molecule has 2 N–H and O–H groups in total. The summed E-state index contributed by atoms with van der Waals surface area (Å²) in [5.41, 5.74) is 4.10. The average Bonchev–Trinajstić information content (AvgIpc) is 2.61. The second-order valence-electron chi connectivity index (χ2n) is 3.26. The van der Waals surface area contributed by atoms with Crippen LogP contribution in [0.25, 0.3) is 0 Å². The van der Waals surface area contributed by atoms with Crippen molar-refractivity contribution in [3.8, 4) is 0 Å². The molecule has 0 aromatic carbocycles. The predicted molar refractivity (Wildman–Crippen MR) is 44.5 cm³/mol. The van der Waals surface area contributed by atoms with Crippen LogP contribution in [0.1, 0.15) is 25.5 Å². The Hall–Kier alpha value is -0.870. The van der Waals surface area contributed by atoms with E-state index in [4.69, 9.17) is 4.84 Å². The first kappa shape index (κ1) is 7.76. The Morgan fingerprint density at radius 3 is 2.83 bits per heavy atom. The molecule has 1 saturated heterocycles. The summed E-state index contributed by atoms with van der Waals surface area (Å²) in [6.07, 6.45) is 3.77. The van der Waals surface area contributed by atoms with Crippen LogP contribution in [0, 0.1) is 0 Å². The Kier molecular flexibility index (Phi) is 1.86. The summed E-state index contributed by atoms with van der Waals surface area (Å²) >= 11 is 0. The van der Waals surface area contributed by atoms with E-state index in [1.54, 1.807) is 6.33 Å². The molecule has 1 aromatic rings. The molecule has 0 aliphatic carbocycles. The van der Waals surface area contributed by atoms with Gasteiger partial charge in [0.25, 0.3) is 0 Å². The van der Waals surface area contributed by atoms with E-state index in [9.17, 15) is 0 Å². The van der Waals surface area contributed by atoms with Crippen LogP contribution in [0.5, 0.6) is 0 Å². The molecule has 0 saturated carbocycles. The highest BCUT2D eigenvalue weighted by Crippen LogP contribution is 2.27. The third kappa shape index (κ3) is 1.13. The van der Waals surface area contributed by atoms with Gasteiger partial charge < -0.3 is 4.98 Å². The lowest BCUT2D eigenvalue weighted by molar-refractivity contribution is 0.0352. The van der Waals surface area contributed by atoms with Crippen molar-refractivity contribution in [2.75, 3.05) is 0 Å². The largest absolute Gasteiger partial charge is 0.348 e. The van der Waals surface area contributed by atoms with Gasteiger partial charge in [0.1, 0.15) is 0 Å². The molecule has 0 bridgehead atoms. The molecule has 12 heavy (non-hydrogen) atoms. The zero-order chi connectivity index (χ0) is 8.55. The van der Waals surface area contributed by atoms with Gasteiger partial charge >= 0.3 is 0 Å². The molecule has 3 atom stereocenters. The first-order chi connectivity index (χ1) is 5.79. The van der Waals surface area contributed by atoms with Crippen molar-refractivity contribution in [1.82, 2.24) is 15.4 Å². The summed E-state index contributed by atoms with van der Waals surface area (Å²) in [5.74, 6) is 0.382. The molecule has 1 aromatic heterocycles. The molecule has 66 valence electrons. The molecule has 1 aliphatic heterocycles. The van der Waals surface area contributed by atoms with Crippen LogP contribution >= 0.6 is 0 Å². The van der Waals surface area contributed by atoms with Crippen molar-refractivity contribution in [1.29, 1.82) is 0 Å². The van der Waals surface area contributed by atoms with Gasteiger partial charge in [-0.1, -0.05) is 0 Å². The lowest BCUT2D eigenvalue weighted by Gasteiger charge is -2.13. The SMILES string of the molecule is CC1ON[C@@H](C)C1c1cnc[nH]1. The van der Waals surface area contributed by atoms with Crippen LogP contribution in [0.2, 0.25) is 0 Å². The van der Waals surface area contributed by atoms with Crippen LogP contribution in [-0.4, -0.2) is 22.1 Å². The lowest BCUT2D eigenvalue weighted by atomic mass is 9.95. The zero-order valence-electron chi connectivity index (χ0n) is 7.24. The fourth-order valence-electron chi connectivity index (χ4n) is 1.74. The topological polar surface area (TPSA) is 49.9 Å². The second kappa shape index (κ2) is 2.88. The Morgan fingerprint density at radius 1 is 1.50 bits per heavy atom. The van der Waals surface area contributed by atoms with E-state index < -0.39 is 0 Å². The third-order valence-corrected chi connectivity index (χ3v) is 2.36. The summed E-state index contributed by atoms with van der Waals surface area (Å²) in [7, 11) is 0. The van der Waals surface area contributed by atoms with Crippen molar-refractivity contribution in [2.24, 2.45) is 0 Å². The van der Waals surface area contributed by atoms with Gasteiger partial charge in [0.05, 0.1) is 12.4 Å². The molecule has 4 nitrogen and oxygen atoms in total. The van der Waals surface area contributed by atoms with Gasteiger partial charge in [-0.25, -0.2) is 4.98 Å². The summed E-state index contributed by atoms with van der Waals surface area (Å²) in [6, 6.07) is 0.348. The number of aromatic amines is 1. The molecular formula is C8H13N3O. The van der Waals surface area contributed by atoms with E-state index >= 15 is 0 Å². The fraction of sp³-hybridized carbons (Fsp3) is 0.625. The van der Waals surface area contributed by atoms with Crippen LogP contribution in [-0.2, 0) is 4.84 Å². The molecule has 1 fully saturated rings. The van der Waals surface area contributed by atoms with Gasteiger partial charge in [-0.05, 0) is 13.8 Å². The Balaban J connectivity index is 2.22. The number of H-pyrrole nitrogens is 1. The number of nitrogens with zero attached hydrogens (tertiary/aromatic N) is 1. The van der Waals surface area contributed by atoms with Gasteiger partial charge in [0.2, 0.25) is 0 Å². The summed E-state index contributed by atoms with van der Waals surface area (Å²) < 4.78 is 0. The maximum absolute atomic E-state index is 5.30. The first-order valence-electron chi connectivity index (χ1n) is 4.18. The maximum atomic E-state index is 5.30. The number of hydroxylamine groups is 1. The van der Waals surface area contributed by atoms with E-state index in [1.807, 2.05) is 6.20 Å². The minimum absolute atomic E-state index is 0.209. The van der Waals surface area contributed by atoms with Crippen LogP contribution in [0.4, 0.5) is 0 Å². The number of rotatable bonds is 1. The van der Waals surface area contributed by atoms with Crippen molar-refractivity contribution >= 4 is 0 Å². The van der Waals surface area contributed by atoms with Crippen molar-refractivity contribution < 1.29 is 4.84 Å². The molecule has 0 spiro atoms. The van der Waals surface area contributed by atoms with Crippen molar-refractivity contribution in [3.63, 3.8) is 0 Å². The highest BCUT2D eigenvalue weighted by molar-refractivity contribution is 5.10. The molecule has 0 radical (unpaired) electrons. The third-order valence-electron chi connectivity index (χ3n) is 2.36. The van der Waals surface area contributed by atoms with Crippen LogP contribution in [0.3, 0.4) is 0 Å². The van der Waals surface area contributed by atoms with Crippen LogP contribution < -0.4 is 5.48 Å². The van der Waals surface area contributed by atoms with Crippen molar-refractivity contribution in [2.45, 2.75) is 31.9 Å².